The molecule has 15 heavy (non-hydrogen) atoms. The Morgan fingerprint density at radius 1 is 1.67 bits per heavy atom. The van der Waals surface area contributed by atoms with E-state index in [1.165, 1.54) is 6.92 Å². The predicted molar refractivity (Wildman–Crippen MR) is 48.8 cm³/mol. The molecule has 1 aromatic rings. The highest BCUT2D eigenvalue weighted by molar-refractivity contribution is 6.67. The van der Waals surface area contributed by atoms with Crippen molar-refractivity contribution in [3.8, 4) is 6.07 Å². The lowest BCUT2D eigenvalue weighted by atomic mass is 10.1. The summed E-state index contributed by atoms with van der Waals surface area (Å²) in [5.41, 5.74) is -0.795. The summed E-state index contributed by atoms with van der Waals surface area (Å²) < 4.78 is 24.7. The van der Waals surface area contributed by atoms with E-state index >= 15 is 0 Å². The van der Waals surface area contributed by atoms with Crippen LogP contribution in [0.2, 0.25) is 0 Å². The Hall–Kier alpha value is -1.54. The van der Waals surface area contributed by atoms with Crippen LogP contribution in [0.4, 0.5) is 8.78 Å². The third kappa shape index (κ3) is 2.28. The number of carbonyl (C=O) groups excluding carboxylic acids is 1. The van der Waals surface area contributed by atoms with Gasteiger partial charge in [0.1, 0.15) is 17.5 Å². The number of nitriles is 1. The maximum Gasteiger partial charge on any atom is 0.280 e. The third-order valence-corrected chi connectivity index (χ3v) is 1.94. The zero-order chi connectivity index (χ0) is 11.6. The number of carbonyl (C=O) groups is 1. The zero-order valence-corrected chi connectivity index (χ0v) is 8.35. The molecule has 0 unspecified atom stereocenters. The lowest BCUT2D eigenvalue weighted by Crippen LogP contribution is -2.05. The molecule has 0 aliphatic carbocycles. The Bertz CT molecular complexity index is 454. The molecule has 0 amide bonds. The van der Waals surface area contributed by atoms with E-state index in [0.29, 0.717) is 0 Å². The highest BCUT2D eigenvalue weighted by Gasteiger charge is 2.18. The van der Waals surface area contributed by atoms with Crippen LogP contribution in [0.1, 0.15) is 33.7 Å². The Balaban J connectivity index is 3.47. The maximum atomic E-state index is 12.3. The number of rotatable bonds is 2. The summed E-state index contributed by atoms with van der Waals surface area (Å²) in [6, 6.07) is 2.76. The number of alkyl halides is 2. The maximum absolute atomic E-state index is 12.3. The monoisotopic (exact) mass is 230 g/mol. The van der Waals surface area contributed by atoms with Crippen molar-refractivity contribution in [1.82, 2.24) is 4.98 Å². The molecule has 1 rings (SSSR count). The van der Waals surface area contributed by atoms with Gasteiger partial charge in [0.2, 0.25) is 0 Å². The number of pyridine rings is 1. The molecule has 0 saturated carbocycles. The molecule has 0 radical (unpaired) electrons. The minimum Gasteiger partial charge on any atom is -0.274 e. The van der Waals surface area contributed by atoms with Gasteiger partial charge in [0, 0.05) is 0 Å². The van der Waals surface area contributed by atoms with Crippen LogP contribution in [-0.4, -0.2) is 10.2 Å². The van der Waals surface area contributed by atoms with Gasteiger partial charge in [-0.2, -0.15) is 5.26 Å². The van der Waals surface area contributed by atoms with Crippen LogP contribution >= 0.6 is 11.6 Å². The smallest absolute Gasteiger partial charge is 0.274 e. The Morgan fingerprint density at radius 3 is 2.67 bits per heavy atom. The number of aromatic nitrogens is 1. The zero-order valence-electron chi connectivity index (χ0n) is 7.59. The Labute approximate surface area is 89.3 Å². The molecule has 0 saturated heterocycles. The van der Waals surface area contributed by atoms with Gasteiger partial charge in [-0.1, -0.05) is 0 Å². The van der Waals surface area contributed by atoms with E-state index in [4.69, 9.17) is 16.9 Å². The van der Waals surface area contributed by atoms with E-state index in [2.05, 4.69) is 4.98 Å². The van der Waals surface area contributed by atoms with Crippen molar-refractivity contribution in [1.29, 1.82) is 5.26 Å². The first kappa shape index (κ1) is 11.5. The minimum absolute atomic E-state index is 0.0700. The summed E-state index contributed by atoms with van der Waals surface area (Å²) in [7, 11) is 0. The van der Waals surface area contributed by atoms with Crippen LogP contribution in [0.25, 0.3) is 0 Å². The van der Waals surface area contributed by atoms with Gasteiger partial charge in [-0.3, -0.25) is 4.79 Å². The van der Waals surface area contributed by atoms with E-state index in [9.17, 15) is 13.6 Å². The fraction of sp³-hybridized carbons (Fsp3) is 0.222. The van der Waals surface area contributed by atoms with Gasteiger partial charge in [0.15, 0.2) is 0 Å². The summed E-state index contributed by atoms with van der Waals surface area (Å²) in [6.45, 7) is 1.44. The number of nitrogens with zero attached hydrogens (tertiary/aromatic N) is 2. The molecule has 0 atom stereocenters. The fourth-order valence-electron chi connectivity index (χ4n) is 1.09. The second kappa shape index (κ2) is 4.32. The first-order valence-corrected chi connectivity index (χ1v) is 4.24. The van der Waals surface area contributed by atoms with Crippen molar-refractivity contribution in [3.05, 3.63) is 28.6 Å². The average Bonchev–Trinajstić information content (AvgIpc) is 2.16. The molecule has 0 aliphatic rings. The van der Waals surface area contributed by atoms with Gasteiger partial charge in [-0.05, 0) is 30.2 Å². The fourth-order valence-corrected chi connectivity index (χ4v) is 1.23. The Morgan fingerprint density at radius 2 is 2.27 bits per heavy atom. The topological polar surface area (TPSA) is 53.8 Å². The SMILES string of the molecule is Cc1cc(C(F)F)nc(C(=O)Cl)c1C#N. The predicted octanol–water partition coefficient (Wildman–Crippen LogP) is 2.58. The second-order valence-electron chi connectivity index (χ2n) is 2.77. The van der Waals surface area contributed by atoms with Gasteiger partial charge in [0.25, 0.3) is 11.7 Å². The highest BCUT2D eigenvalue weighted by atomic mass is 35.5. The lowest BCUT2D eigenvalue weighted by Gasteiger charge is -2.05. The van der Waals surface area contributed by atoms with Crippen LogP contribution in [-0.2, 0) is 0 Å². The largest absolute Gasteiger partial charge is 0.280 e. The van der Waals surface area contributed by atoms with E-state index in [1.54, 1.807) is 6.07 Å². The van der Waals surface area contributed by atoms with Crippen LogP contribution in [0.5, 0.6) is 0 Å². The van der Waals surface area contributed by atoms with Crippen molar-refractivity contribution in [2.75, 3.05) is 0 Å². The summed E-state index contributed by atoms with van der Waals surface area (Å²) in [4.78, 5) is 14.2. The quantitative estimate of drug-likeness (QED) is 0.734. The lowest BCUT2D eigenvalue weighted by molar-refractivity contribution is 0.107. The minimum atomic E-state index is -2.80. The highest BCUT2D eigenvalue weighted by Crippen LogP contribution is 2.22. The van der Waals surface area contributed by atoms with Crippen molar-refractivity contribution in [2.45, 2.75) is 13.3 Å². The molecule has 0 N–H and O–H groups in total. The van der Waals surface area contributed by atoms with Crippen molar-refractivity contribution < 1.29 is 13.6 Å². The number of halogens is 3. The average molecular weight is 231 g/mol. The standard InChI is InChI=1S/C9H5ClF2N2O/c1-4-2-6(9(11)12)14-7(8(10)15)5(4)3-13/h2,9H,1H3. The van der Waals surface area contributed by atoms with Gasteiger partial charge in [-0.25, -0.2) is 13.8 Å². The molecule has 0 aromatic carbocycles. The summed E-state index contributed by atoms with van der Waals surface area (Å²) in [6.07, 6.45) is -2.80. The normalized spacial score (nSPS) is 10.1. The molecule has 0 spiro atoms. The van der Waals surface area contributed by atoms with Crippen LogP contribution in [0.3, 0.4) is 0 Å². The molecule has 0 aliphatic heterocycles. The summed E-state index contributed by atoms with van der Waals surface area (Å²) in [5.74, 6) is 0. The summed E-state index contributed by atoms with van der Waals surface area (Å²) in [5, 5.41) is 7.67. The van der Waals surface area contributed by atoms with Crippen LogP contribution < -0.4 is 0 Å². The van der Waals surface area contributed by atoms with E-state index in [1.807, 2.05) is 0 Å². The molecule has 1 aromatic heterocycles. The number of hydrogen-bond donors (Lipinski definition) is 0. The van der Waals surface area contributed by atoms with E-state index in [0.717, 1.165) is 6.07 Å². The van der Waals surface area contributed by atoms with Crippen molar-refractivity contribution in [2.24, 2.45) is 0 Å². The summed E-state index contributed by atoms with van der Waals surface area (Å²) >= 11 is 5.14. The molecule has 0 bridgehead atoms. The number of hydrogen-bond acceptors (Lipinski definition) is 3. The molecule has 78 valence electrons. The van der Waals surface area contributed by atoms with Gasteiger partial charge in [0.05, 0.1) is 5.56 Å². The van der Waals surface area contributed by atoms with Crippen molar-refractivity contribution >= 4 is 16.8 Å². The van der Waals surface area contributed by atoms with Crippen LogP contribution in [0.15, 0.2) is 6.07 Å². The van der Waals surface area contributed by atoms with Gasteiger partial charge >= 0.3 is 0 Å². The Kier molecular flexibility index (Phi) is 3.32. The van der Waals surface area contributed by atoms with Crippen LogP contribution in [0, 0.1) is 18.3 Å². The molecular weight excluding hydrogens is 226 g/mol. The molecule has 0 fully saturated rings. The van der Waals surface area contributed by atoms with E-state index in [-0.39, 0.29) is 11.1 Å². The first-order valence-electron chi connectivity index (χ1n) is 3.87. The molecule has 1 heterocycles. The molecule has 3 nitrogen and oxygen atoms in total. The molecule has 6 heteroatoms. The van der Waals surface area contributed by atoms with E-state index < -0.39 is 23.1 Å². The third-order valence-electron chi connectivity index (χ3n) is 1.76. The van der Waals surface area contributed by atoms with Crippen molar-refractivity contribution in [3.63, 3.8) is 0 Å². The second-order valence-corrected chi connectivity index (χ2v) is 3.12. The first-order chi connectivity index (χ1) is 6.97. The van der Waals surface area contributed by atoms with Gasteiger partial charge < -0.3 is 0 Å². The van der Waals surface area contributed by atoms with Gasteiger partial charge in [-0.15, -0.1) is 0 Å². The number of aryl methyl sites for hydroxylation is 1. The molecular formula is C9H5ClF2N2O.